The Balaban J connectivity index is 1.86. The van der Waals surface area contributed by atoms with Gasteiger partial charge in [-0.25, -0.2) is 0 Å². The van der Waals surface area contributed by atoms with E-state index < -0.39 is 0 Å². The molecule has 0 saturated heterocycles. The summed E-state index contributed by atoms with van der Waals surface area (Å²) < 4.78 is 0. The Morgan fingerprint density at radius 2 is 2.05 bits per heavy atom. The molecule has 1 aliphatic rings. The van der Waals surface area contributed by atoms with Crippen molar-refractivity contribution in [2.24, 2.45) is 5.73 Å². The van der Waals surface area contributed by atoms with Gasteiger partial charge in [0.1, 0.15) is 0 Å². The molecule has 1 aromatic rings. The Kier molecular flexibility index (Phi) is 4.94. The lowest BCUT2D eigenvalue weighted by atomic mass is 9.94. The molecule has 106 valence electrons. The Morgan fingerprint density at radius 1 is 1.32 bits per heavy atom. The fourth-order valence-electron chi connectivity index (χ4n) is 2.98. The third-order valence-corrected chi connectivity index (χ3v) is 4.30. The summed E-state index contributed by atoms with van der Waals surface area (Å²) >= 11 is 0. The highest BCUT2D eigenvalue weighted by Gasteiger charge is 2.29. The molecule has 3 nitrogen and oxygen atoms in total. The first-order valence-electron chi connectivity index (χ1n) is 7.55. The number of rotatable bonds is 6. The van der Waals surface area contributed by atoms with Crippen LogP contribution in [0.15, 0.2) is 18.2 Å². The van der Waals surface area contributed by atoms with Crippen LogP contribution in [-0.2, 0) is 6.54 Å². The van der Waals surface area contributed by atoms with E-state index in [2.05, 4.69) is 28.9 Å². The van der Waals surface area contributed by atoms with E-state index in [1.807, 2.05) is 13.0 Å². The normalized spacial score (nSPS) is 18.1. The number of hydrogen-bond donors (Lipinski definition) is 1. The van der Waals surface area contributed by atoms with Crippen LogP contribution in [0, 0.1) is 6.92 Å². The van der Waals surface area contributed by atoms with Gasteiger partial charge in [-0.2, -0.15) is 0 Å². The molecule has 1 fully saturated rings. The monoisotopic (exact) mass is 261 g/mol. The summed E-state index contributed by atoms with van der Waals surface area (Å²) in [7, 11) is 0. The molecule has 0 spiro atoms. The van der Waals surface area contributed by atoms with Crippen LogP contribution >= 0.6 is 0 Å². The fourth-order valence-corrected chi connectivity index (χ4v) is 2.98. The van der Waals surface area contributed by atoms with Crippen molar-refractivity contribution < 1.29 is 0 Å². The second-order valence-electron chi connectivity index (χ2n) is 5.96. The van der Waals surface area contributed by atoms with Gasteiger partial charge in [-0.05, 0) is 44.9 Å². The maximum absolute atomic E-state index is 6.44. The van der Waals surface area contributed by atoms with E-state index in [1.165, 1.54) is 31.4 Å². The zero-order valence-corrected chi connectivity index (χ0v) is 12.4. The maximum Gasteiger partial charge on any atom is 0.0547 e. The van der Waals surface area contributed by atoms with Gasteiger partial charge < -0.3 is 5.73 Å². The average molecular weight is 261 g/mol. The van der Waals surface area contributed by atoms with Crippen molar-refractivity contribution in [2.75, 3.05) is 13.1 Å². The number of pyridine rings is 1. The van der Waals surface area contributed by atoms with E-state index in [0.717, 1.165) is 31.7 Å². The molecule has 2 N–H and O–H groups in total. The highest BCUT2D eigenvalue weighted by atomic mass is 15.1. The molecular formula is C16H27N3. The van der Waals surface area contributed by atoms with Gasteiger partial charge in [0.05, 0.1) is 5.69 Å². The van der Waals surface area contributed by atoms with Gasteiger partial charge in [0, 0.05) is 24.3 Å². The molecule has 1 saturated carbocycles. The third-order valence-electron chi connectivity index (χ3n) is 4.30. The Morgan fingerprint density at radius 3 is 2.68 bits per heavy atom. The van der Waals surface area contributed by atoms with Crippen LogP contribution in [0.1, 0.15) is 50.4 Å². The van der Waals surface area contributed by atoms with E-state index >= 15 is 0 Å². The smallest absolute Gasteiger partial charge is 0.0547 e. The molecule has 0 amide bonds. The summed E-state index contributed by atoms with van der Waals surface area (Å²) in [6.45, 7) is 7.35. The first kappa shape index (κ1) is 14.5. The summed E-state index contributed by atoms with van der Waals surface area (Å²) in [6.07, 6.45) is 6.14. The van der Waals surface area contributed by atoms with Crippen molar-refractivity contribution in [1.82, 2.24) is 9.88 Å². The SMILES string of the molecule is CCN(CCC1(N)CCCC1)Cc1cccc(C)n1. The van der Waals surface area contributed by atoms with E-state index in [0.29, 0.717) is 0 Å². The Hall–Kier alpha value is -0.930. The predicted octanol–water partition coefficient (Wildman–Crippen LogP) is 2.87. The van der Waals surface area contributed by atoms with Crippen molar-refractivity contribution in [1.29, 1.82) is 0 Å². The van der Waals surface area contributed by atoms with Crippen molar-refractivity contribution in [3.63, 3.8) is 0 Å². The zero-order chi connectivity index (χ0) is 13.7. The number of hydrogen-bond acceptors (Lipinski definition) is 3. The van der Waals surface area contributed by atoms with Crippen LogP contribution in [0.25, 0.3) is 0 Å². The van der Waals surface area contributed by atoms with E-state index in [9.17, 15) is 0 Å². The van der Waals surface area contributed by atoms with Crippen molar-refractivity contribution >= 4 is 0 Å². The van der Waals surface area contributed by atoms with Gasteiger partial charge >= 0.3 is 0 Å². The topological polar surface area (TPSA) is 42.1 Å². The highest BCUT2D eigenvalue weighted by Crippen LogP contribution is 2.30. The molecule has 0 aromatic carbocycles. The van der Waals surface area contributed by atoms with Crippen molar-refractivity contribution in [3.05, 3.63) is 29.6 Å². The lowest BCUT2D eigenvalue weighted by Crippen LogP contribution is -2.40. The zero-order valence-electron chi connectivity index (χ0n) is 12.4. The Labute approximate surface area is 117 Å². The van der Waals surface area contributed by atoms with Crippen molar-refractivity contribution in [2.45, 2.75) is 58.0 Å². The van der Waals surface area contributed by atoms with Gasteiger partial charge in [0.2, 0.25) is 0 Å². The second kappa shape index (κ2) is 6.49. The minimum Gasteiger partial charge on any atom is -0.325 e. The van der Waals surface area contributed by atoms with E-state index in [4.69, 9.17) is 5.73 Å². The Bertz CT molecular complexity index is 397. The fraction of sp³-hybridized carbons (Fsp3) is 0.688. The summed E-state index contributed by atoms with van der Waals surface area (Å²) in [6, 6.07) is 6.25. The quantitative estimate of drug-likeness (QED) is 0.856. The minimum atomic E-state index is 0.105. The standard InChI is InChI=1S/C16H27N3/c1-3-19(12-11-16(17)9-4-5-10-16)13-15-8-6-7-14(2)18-15/h6-8H,3-5,9-13,17H2,1-2H3. The lowest BCUT2D eigenvalue weighted by Gasteiger charge is -2.28. The highest BCUT2D eigenvalue weighted by molar-refractivity contribution is 5.09. The molecule has 1 aliphatic carbocycles. The van der Waals surface area contributed by atoms with E-state index in [-0.39, 0.29) is 5.54 Å². The number of aryl methyl sites for hydroxylation is 1. The van der Waals surface area contributed by atoms with Gasteiger partial charge in [-0.15, -0.1) is 0 Å². The largest absolute Gasteiger partial charge is 0.325 e. The molecule has 0 bridgehead atoms. The number of aromatic nitrogens is 1. The molecular weight excluding hydrogens is 234 g/mol. The van der Waals surface area contributed by atoms with Crippen LogP contribution in [0.2, 0.25) is 0 Å². The first-order valence-corrected chi connectivity index (χ1v) is 7.55. The predicted molar refractivity (Wildman–Crippen MR) is 79.9 cm³/mol. The summed E-state index contributed by atoms with van der Waals surface area (Å²) in [5.41, 5.74) is 8.80. The summed E-state index contributed by atoms with van der Waals surface area (Å²) in [5.74, 6) is 0. The van der Waals surface area contributed by atoms with Gasteiger partial charge in [-0.3, -0.25) is 9.88 Å². The molecule has 3 heteroatoms. The molecule has 0 atom stereocenters. The van der Waals surface area contributed by atoms with Crippen LogP contribution in [0.4, 0.5) is 0 Å². The molecule has 0 unspecified atom stereocenters. The molecule has 2 rings (SSSR count). The van der Waals surface area contributed by atoms with Gasteiger partial charge in [0.15, 0.2) is 0 Å². The first-order chi connectivity index (χ1) is 9.11. The molecule has 19 heavy (non-hydrogen) atoms. The van der Waals surface area contributed by atoms with Crippen LogP contribution < -0.4 is 5.73 Å². The average Bonchev–Trinajstić information content (AvgIpc) is 2.82. The molecule has 1 heterocycles. The number of nitrogens with two attached hydrogens (primary N) is 1. The summed E-state index contributed by atoms with van der Waals surface area (Å²) in [4.78, 5) is 7.04. The number of nitrogens with zero attached hydrogens (tertiary/aromatic N) is 2. The maximum atomic E-state index is 6.44. The van der Waals surface area contributed by atoms with Gasteiger partial charge in [0.25, 0.3) is 0 Å². The van der Waals surface area contributed by atoms with Gasteiger partial charge in [-0.1, -0.05) is 25.8 Å². The third kappa shape index (κ3) is 4.29. The molecule has 0 aliphatic heterocycles. The van der Waals surface area contributed by atoms with Crippen LogP contribution in [-0.4, -0.2) is 28.5 Å². The minimum absolute atomic E-state index is 0.105. The second-order valence-corrected chi connectivity index (χ2v) is 5.96. The van der Waals surface area contributed by atoms with Crippen molar-refractivity contribution in [3.8, 4) is 0 Å². The molecule has 1 aromatic heterocycles. The van der Waals surface area contributed by atoms with E-state index in [1.54, 1.807) is 0 Å². The summed E-state index contributed by atoms with van der Waals surface area (Å²) in [5, 5.41) is 0. The molecule has 0 radical (unpaired) electrons. The van der Waals surface area contributed by atoms with Crippen LogP contribution in [0.3, 0.4) is 0 Å². The lowest BCUT2D eigenvalue weighted by molar-refractivity contribution is 0.239. The van der Waals surface area contributed by atoms with Crippen LogP contribution in [0.5, 0.6) is 0 Å².